The molecule has 0 unspecified atom stereocenters. The summed E-state index contributed by atoms with van der Waals surface area (Å²) in [6.07, 6.45) is 2.84. The van der Waals surface area contributed by atoms with Gasteiger partial charge in [-0.3, -0.25) is 4.98 Å². The second-order valence-corrected chi connectivity index (χ2v) is 10.5. The Morgan fingerprint density at radius 1 is 0.792 bits per heavy atom. The maximum absolute atomic E-state index is 11.3. The number of ether oxygens (including phenoxy) is 1. The number of hydrogen-bond acceptors (Lipinski definition) is 11. The molecule has 5 aromatic rings. The van der Waals surface area contributed by atoms with Crippen molar-refractivity contribution in [3.63, 3.8) is 0 Å². The summed E-state index contributed by atoms with van der Waals surface area (Å²) in [5, 5.41) is 36.4. The van der Waals surface area contributed by atoms with Crippen LogP contribution < -0.4 is 4.90 Å². The fourth-order valence-corrected chi connectivity index (χ4v) is 4.58. The molecule has 0 aliphatic heterocycles. The zero-order valence-electron chi connectivity index (χ0n) is 26.6. The van der Waals surface area contributed by atoms with E-state index in [0.29, 0.717) is 46.2 Å². The van der Waals surface area contributed by atoms with Crippen LogP contribution in [0.5, 0.6) is 5.75 Å². The van der Waals surface area contributed by atoms with Gasteiger partial charge in [-0.2, -0.15) is 30.7 Å². The number of carbonyl (C=O) groups is 1. The molecule has 0 fully saturated rings. The molecule has 4 aromatic carbocycles. The van der Waals surface area contributed by atoms with Crippen LogP contribution in [0.3, 0.4) is 0 Å². The van der Waals surface area contributed by atoms with Gasteiger partial charge in [0.05, 0.1) is 46.4 Å². The molecule has 48 heavy (non-hydrogen) atoms. The topological polar surface area (TPSA) is 137 Å². The molecule has 11 heteroatoms. The summed E-state index contributed by atoms with van der Waals surface area (Å²) in [7, 11) is 0. The van der Waals surface area contributed by atoms with Crippen molar-refractivity contribution in [2.45, 2.75) is 13.8 Å². The summed E-state index contributed by atoms with van der Waals surface area (Å²) in [6, 6.07) is 31.1. The van der Waals surface area contributed by atoms with E-state index in [-0.39, 0.29) is 12.4 Å². The van der Waals surface area contributed by atoms with Crippen molar-refractivity contribution in [3.05, 3.63) is 128 Å². The Morgan fingerprint density at radius 2 is 1.38 bits per heavy atom. The molecule has 1 heterocycles. The Balaban J connectivity index is 1.15. The van der Waals surface area contributed by atoms with Gasteiger partial charge in [-0.05, 0) is 110 Å². The highest BCUT2D eigenvalue weighted by atomic mass is 16.5. The van der Waals surface area contributed by atoms with Crippen molar-refractivity contribution in [1.29, 1.82) is 0 Å². The molecule has 1 N–H and O–H groups in total. The molecule has 11 nitrogen and oxygen atoms in total. The van der Waals surface area contributed by atoms with Crippen LogP contribution in [-0.4, -0.2) is 35.8 Å². The normalized spacial score (nSPS) is 11.4. The van der Waals surface area contributed by atoms with Gasteiger partial charge in [0.2, 0.25) is 0 Å². The summed E-state index contributed by atoms with van der Waals surface area (Å²) >= 11 is 0. The monoisotopic (exact) mass is 638 g/mol. The highest BCUT2D eigenvalue weighted by Crippen LogP contribution is 2.33. The van der Waals surface area contributed by atoms with Crippen molar-refractivity contribution >= 4 is 45.8 Å². The molecule has 1 aromatic heterocycles. The zero-order chi connectivity index (χ0) is 33.7. The van der Waals surface area contributed by atoms with Crippen LogP contribution in [0.4, 0.5) is 39.8 Å². The van der Waals surface area contributed by atoms with Crippen LogP contribution in [0.15, 0.2) is 153 Å². The van der Waals surface area contributed by atoms with E-state index >= 15 is 0 Å². The fraction of sp³-hybridized carbons (Fsp3) is 0.135. The molecule has 0 radical (unpaired) electrons. The standard InChI is InChI=1S/C37H34N8O3/c1-4-37(47)48-23-22-45(5-2)32-17-13-29(14-18-32)40-42-30-16-20-34(26(3)24-30)44-41-28-11-9-27(10-12-28)39-43-31-15-19-33(36(46)25-31)35-8-6-7-21-38-35/h4,6-21,24-25,46H,1,5,22-23H2,2-3H3. The quantitative estimate of drug-likeness (QED) is 0.0777. The number of aryl methyl sites for hydroxylation is 1. The second-order valence-electron chi connectivity index (χ2n) is 10.5. The van der Waals surface area contributed by atoms with Gasteiger partial charge in [-0.15, -0.1) is 0 Å². The zero-order valence-corrected chi connectivity index (χ0v) is 26.6. The number of aromatic hydroxyl groups is 1. The van der Waals surface area contributed by atoms with Gasteiger partial charge in [-0.25, -0.2) is 4.79 Å². The lowest BCUT2D eigenvalue weighted by atomic mass is 10.1. The fourth-order valence-electron chi connectivity index (χ4n) is 4.58. The van der Waals surface area contributed by atoms with Gasteiger partial charge < -0.3 is 14.7 Å². The predicted octanol–water partition coefficient (Wildman–Crippen LogP) is 10.6. The lowest BCUT2D eigenvalue weighted by Crippen LogP contribution is -2.27. The molecule has 0 saturated carbocycles. The Hall–Kier alpha value is -6.36. The van der Waals surface area contributed by atoms with Crippen LogP contribution in [0.25, 0.3) is 11.3 Å². The van der Waals surface area contributed by atoms with Gasteiger partial charge in [0.25, 0.3) is 0 Å². The predicted molar refractivity (Wildman–Crippen MR) is 187 cm³/mol. The van der Waals surface area contributed by atoms with Crippen LogP contribution in [0.1, 0.15) is 12.5 Å². The van der Waals surface area contributed by atoms with Gasteiger partial charge in [0.1, 0.15) is 12.4 Å². The van der Waals surface area contributed by atoms with Crippen molar-refractivity contribution < 1.29 is 14.6 Å². The SMILES string of the molecule is C=CC(=O)OCCN(CC)c1ccc(N=Nc2ccc(N=Nc3ccc(N=Nc4ccc(-c5ccccn5)c(O)c4)cc3)c(C)c2)cc1. The number of azo groups is 3. The summed E-state index contributed by atoms with van der Waals surface area (Å²) < 4.78 is 5.09. The van der Waals surface area contributed by atoms with Crippen molar-refractivity contribution in [2.75, 3.05) is 24.6 Å². The first-order chi connectivity index (χ1) is 23.4. The highest BCUT2D eigenvalue weighted by Gasteiger charge is 2.07. The van der Waals surface area contributed by atoms with E-state index in [4.69, 9.17) is 4.74 Å². The third-order valence-electron chi connectivity index (χ3n) is 7.16. The third kappa shape index (κ3) is 9.10. The van der Waals surface area contributed by atoms with Crippen molar-refractivity contribution in [2.24, 2.45) is 30.7 Å². The van der Waals surface area contributed by atoms with E-state index in [9.17, 15) is 9.90 Å². The highest BCUT2D eigenvalue weighted by molar-refractivity contribution is 5.81. The molecule has 240 valence electrons. The van der Waals surface area contributed by atoms with E-state index in [1.165, 1.54) is 0 Å². The van der Waals surface area contributed by atoms with Gasteiger partial charge in [-0.1, -0.05) is 12.6 Å². The second kappa shape index (κ2) is 16.3. The number of carbonyl (C=O) groups excluding carboxylic acids is 1. The minimum atomic E-state index is -0.428. The Bertz CT molecular complexity index is 1940. The number of aromatic nitrogens is 1. The van der Waals surface area contributed by atoms with Crippen LogP contribution in [-0.2, 0) is 9.53 Å². The number of phenolic OH excluding ortho intramolecular Hbond substituents is 1. The average Bonchev–Trinajstić information content (AvgIpc) is 3.12. The van der Waals surface area contributed by atoms with E-state index < -0.39 is 5.97 Å². The van der Waals surface area contributed by atoms with Gasteiger partial charge in [0, 0.05) is 36.1 Å². The molecule has 0 amide bonds. The molecule has 0 bridgehead atoms. The smallest absolute Gasteiger partial charge is 0.330 e. The van der Waals surface area contributed by atoms with Gasteiger partial charge >= 0.3 is 5.97 Å². The number of benzene rings is 4. The number of anilines is 1. The number of phenols is 1. The van der Waals surface area contributed by atoms with Crippen molar-refractivity contribution in [3.8, 4) is 17.0 Å². The van der Waals surface area contributed by atoms with E-state index in [1.807, 2.05) is 74.5 Å². The first kappa shape index (κ1) is 33.0. The number of hydrogen-bond donors (Lipinski definition) is 1. The summed E-state index contributed by atoms with van der Waals surface area (Å²) in [5.41, 5.74) is 7.17. The van der Waals surface area contributed by atoms with Crippen molar-refractivity contribution in [1.82, 2.24) is 4.98 Å². The van der Waals surface area contributed by atoms with Crippen LogP contribution >= 0.6 is 0 Å². The summed E-state index contributed by atoms with van der Waals surface area (Å²) in [6.45, 7) is 9.02. The maximum atomic E-state index is 11.3. The number of rotatable bonds is 13. The average molecular weight is 639 g/mol. The van der Waals surface area contributed by atoms with Crippen LogP contribution in [0.2, 0.25) is 0 Å². The first-order valence-corrected chi connectivity index (χ1v) is 15.3. The molecular formula is C37H34N8O3. The largest absolute Gasteiger partial charge is 0.507 e. The number of pyridine rings is 1. The molecule has 5 rings (SSSR count). The summed E-state index contributed by atoms with van der Waals surface area (Å²) in [5.74, 6) is -0.344. The first-order valence-electron chi connectivity index (χ1n) is 15.3. The van der Waals surface area contributed by atoms with E-state index in [1.54, 1.807) is 48.7 Å². The van der Waals surface area contributed by atoms with Crippen LogP contribution in [0, 0.1) is 6.92 Å². The molecular weight excluding hydrogens is 604 g/mol. The lowest BCUT2D eigenvalue weighted by Gasteiger charge is -2.22. The van der Waals surface area contributed by atoms with E-state index in [2.05, 4.69) is 47.1 Å². The Morgan fingerprint density at radius 3 is 1.96 bits per heavy atom. The minimum Gasteiger partial charge on any atom is -0.507 e. The van der Waals surface area contributed by atoms with Gasteiger partial charge in [0.15, 0.2) is 0 Å². The molecule has 0 saturated heterocycles. The lowest BCUT2D eigenvalue weighted by molar-refractivity contribution is -0.137. The molecule has 0 spiro atoms. The third-order valence-corrected chi connectivity index (χ3v) is 7.16. The number of esters is 1. The number of likely N-dealkylation sites (N-methyl/N-ethyl adjacent to an activating group) is 1. The minimum absolute atomic E-state index is 0.0838. The summed E-state index contributed by atoms with van der Waals surface area (Å²) in [4.78, 5) is 17.7. The molecule has 0 aliphatic carbocycles. The Labute approximate surface area is 278 Å². The van der Waals surface area contributed by atoms with E-state index in [0.717, 1.165) is 29.6 Å². The maximum Gasteiger partial charge on any atom is 0.330 e. The molecule has 0 aliphatic rings. The number of nitrogens with zero attached hydrogens (tertiary/aromatic N) is 8. The molecule has 0 atom stereocenters. The Kier molecular flexibility index (Phi) is 11.2.